The Balaban J connectivity index is 1.68. The summed E-state index contributed by atoms with van der Waals surface area (Å²) in [6, 6.07) is 7.58. The zero-order valence-electron chi connectivity index (χ0n) is 10.9. The Hall–Kier alpha value is -1.48. The highest BCUT2D eigenvalue weighted by Gasteiger charge is 2.23. The molecular weight excluding hydrogens is 280 g/mol. The van der Waals surface area contributed by atoms with Gasteiger partial charge in [-0.05, 0) is 12.1 Å². The number of H-pyrrole nitrogens is 1. The summed E-state index contributed by atoms with van der Waals surface area (Å²) in [6.45, 7) is 1.79. The molecule has 1 fully saturated rings. The van der Waals surface area contributed by atoms with E-state index in [1.165, 1.54) is 4.31 Å². The average Bonchev–Trinajstić information content (AvgIpc) is 2.89. The standard InChI is InChI=1S/C12H16N4O3S/c17-20(18,16-5-7-19-8-6-16)13-9-12-14-10-3-1-2-4-11(10)15-12/h1-4,13H,5-9H2,(H,14,15). The second-order valence-electron chi connectivity index (χ2n) is 4.54. The Bertz CT molecular complexity index is 659. The van der Waals surface area contributed by atoms with Crippen LogP contribution in [0.2, 0.25) is 0 Å². The van der Waals surface area contributed by atoms with Crippen LogP contribution in [0.4, 0.5) is 0 Å². The summed E-state index contributed by atoms with van der Waals surface area (Å²) in [6.07, 6.45) is 0. The maximum atomic E-state index is 12.1. The number of aromatic amines is 1. The molecule has 0 amide bonds. The molecule has 0 unspecified atom stereocenters. The van der Waals surface area contributed by atoms with E-state index in [9.17, 15) is 8.42 Å². The van der Waals surface area contributed by atoms with E-state index in [4.69, 9.17) is 4.74 Å². The molecule has 8 heteroatoms. The van der Waals surface area contributed by atoms with E-state index in [-0.39, 0.29) is 6.54 Å². The van der Waals surface area contributed by atoms with Crippen molar-refractivity contribution in [1.82, 2.24) is 19.0 Å². The Morgan fingerprint density at radius 2 is 2.05 bits per heavy atom. The summed E-state index contributed by atoms with van der Waals surface area (Å²) >= 11 is 0. The van der Waals surface area contributed by atoms with Gasteiger partial charge in [0.05, 0.1) is 30.8 Å². The highest BCUT2D eigenvalue weighted by molar-refractivity contribution is 7.87. The number of para-hydroxylation sites is 2. The summed E-state index contributed by atoms with van der Waals surface area (Å²) in [5, 5.41) is 0. The number of imidazole rings is 1. The Kier molecular flexibility index (Phi) is 3.70. The number of rotatable bonds is 4. The Morgan fingerprint density at radius 1 is 1.30 bits per heavy atom. The molecule has 2 N–H and O–H groups in total. The number of morpholine rings is 1. The fourth-order valence-electron chi connectivity index (χ4n) is 2.13. The molecule has 2 aromatic rings. The molecule has 0 radical (unpaired) electrons. The predicted octanol–water partition coefficient (Wildman–Crippen LogP) is 0.229. The van der Waals surface area contributed by atoms with Gasteiger partial charge in [0.2, 0.25) is 0 Å². The SMILES string of the molecule is O=S(=O)(NCc1nc2ccccc2[nH]1)N1CCOCC1. The topological polar surface area (TPSA) is 87.3 Å². The summed E-state index contributed by atoms with van der Waals surface area (Å²) in [5.74, 6) is 0.600. The van der Waals surface area contributed by atoms with Crippen LogP contribution in [0.25, 0.3) is 11.0 Å². The molecule has 0 bridgehead atoms. The van der Waals surface area contributed by atoms with Gasteiger partial charge in [-0.2, -0.15) is 17.4 Å². The Labute approximate surface area is 117 Å². The van der Waals surface area contributed by atoms with E-state index in [0.717, 1.165) is 11.0 Å². The molecule has 1 saturated heterocycles. The van der Waals surface area contributed by atoms with Gasteiger partial charge in [0, 0.05) is 13.1 Å². The lowest BCUT2D eigenvalue weighted by Gasteiger charge is -2.25. The van der Waals surface area contributed by atoms with Gasteiger partial charge in [0.1, 0.15) is 5.82 Å². The third kappa shape index (κ3) is 2.83. The quantitative estimate of drug-likeness (QED) is 0.845. The van der Waals surface area contributed by atoms with Gasteiger partial charge >= 0.3 is 0 Å². The van der Waals surface area contributed by atoms with Crippen LogP contribution in [0.5, 0.6) is 0 Å². The molecule has 2 heterocycles. The van der Waals surface area contributed by atoms with Gasteiger partial charge in [0.15, 0.2) is 0 Å². The molecule has 1 aromatic heterocycles. The number of nitrogens with one attached hydrogen (secondary N) is 2. The van der Waals surface area contributed by atoms with Gasteiger partial charge in [-0.1, -0.05) is 12.1 Å². The fourth-order valence-corrected chi connectivity index (χ4v) is 3.26. The van der Waals surface area contributed by atoms with Crippen molar-refractivity contribution < 1.29 is 13.2 Å². The first-order valence-electron chi connectivity index (χ1n) is 6.41. The van der Waals surface area contributed by atoms with Crippen LogP contribution in [0, 0.1) is 0 Å². The van der Waals surface area contributed by atoms with E-state index in [1.54, 1.807) is 0 Å². The summed E-state index contributed by atoms with van der Waals surface area (Å²) in [5.41, 5.74) is 1.72. The minimum absolute atomic E-state index is 0.147. The molecule has 20 heavy (non-hydrogen) atoms. The number of benzene rings is 1. The average molecular weight is 296 g/mol. The highest BCUT2D eigenvalue weighted by Crippen LogP contribution is 2.10. The zero-order chi connectivity index (χ0) is 14.0. The third-order valence-electron chi connectivity index (χ3n) is 3.17. The first kappa shape index (κ1) is 13.5. The monoisotopic (exact) mass is 296 g/mol. The van der Waals surface area contributed by atoms with E-state index in [0.29, 0.717) is 32.1 Å². The van der Waals surface area contributed by atoms with Gasteiger partial charge in [-0.3, -0.25) is 0 Å². The second-order valence-corrected chi connectivity index (χ2v) is 6.29. The van der Waals surface area contributed by atoms with E-state index >= 15 is 0 Å². The first-order chi connectivity index (χ1) is 9.65. The fraction of sp³-hybridized carbons (Fsp3) is 0.417. The van der Waals surface area contributed by atoms with Crippen molar-refractivity contribution in [2.24, 2.45) is 0 Å². The van der Waals surface area contributed by atoms with Gasteiger partial charge in [-0.15, -0.1) is 0 Å². The number of hydrogen-bond donors (Lipinski definition) is 2. The highest BCUT2D eigenvalue weighted by atomic mass is 32.2. The van der Waals surface area contributed by atoms with Crippen molar-refractivity contribution in [3.63, 3.8) is 0 Å². The number of aromatic nitrogens is 2. The van der Waals surface area contributed by atoms with Crippen LogP contribution < -0.4 is 4.72 Å². The third-order valence-corrected chi connectivity index (χ3v) is 4.72. The molecule has 1 aliphatic heterocycles. The summed E-state index contributed by atoms with van der Waals surface area (Å²) < 4.78 is 33.3. The number of hydrogen-bond acceptors (Lipinski definition) is 4. The molecule has 0 atom stereocenters. The van der Waals surface area contributed by atoms with Gasteiger partial charge in [-0.25, -0.2) is 4.98 Å². The van der Waals surface area contributed by atoms with E-state index in [1.807, 2.05) is 24.3 Å². The molecule has 1 aromatic carbocycles. The van der Waals surface area contributed by atoms with Crippen LogP contribution in [0.15, 0.2) is 24.3 Å². The van der Waals surface area contributed by atoms with Crippen molar-refractivity contribution in [2.75, 3.05) is 26.3 Å². The maximum absolute atomic E-state index is 12.1. The van der Waals surface area contributed by atoms with Gasteiger partial charge in [0.25, 0.3) is 10.2 Å². The molecule has 1 aliphatic rings. The lowest BCUT2D eigenvalue weighted by molar-refractivity contribution is 0.0724. The van der Waals surface area contributed by atoms with Crippen molar-refractivity contribution in [1.29, 1.82) is 0 Å². The number of nitrogens with zero attached hydrogens (tertiary/aromatic N) is 2. The van der Waals surface area contributed by atoms with E-state index < -0.39 is 10.2 Å². The lowest BCUT2D eigenvalue weighted by atomic mass is 10.3. The van der Waals surface area contributed by atoms with Crippen molar-refractivity contribution in [3.8, 4) is 0 Å². The predicted molar refractivity (Wildman–Crippen MR) is 74.2 cm³/mol. The molecule has 0 aliphatic carbocycles. The minimum atomic E-state index is -3.48. The molecule has 0 saturated carbocycles. The first-order valence-corrected chi connectivity index (χ1v) is 7.85. The van der Waals surface area contributed by atoms with Crippen molar-refractivity contribution in [3.05, 3.63) is 30.1 Å². The van der Waals surface area contributed by atoms with Crippen LogP contribution in [-0.2, 0) is 21.5 Å². The van der Waals surface area contributed by atoms with Crippen molar-refractivity contribution in [2.45, 2.75) is 6.54 Å². The zero-order valence-corrected chi connectivity index (χ0v) is 11.7. The molecule has 3 rings (SSSR count). The van der Waals surface area contributed by atoms with Crippen LogP contribution in [0.1, 0.15) is 5.82 Å². The summed E-state index contributed by atoms with van der Waals surface area (Å²) in [7, 11) is -3.48. The maximum Gasteiger partial charge on any atom is 0.280 e. The number of ether oxygens (including phenoxy) is 1. The molecule has 7 nitrogen and oxygen atoms in total. The van der Waals surface area contributed by atoms with Crippen LogP contribution >= 0.6 is 0 Å². The minimum Gasteiger partial charge on any atom is -0.379 e. The van der Waals surface area contributed by atoms with Crippen LogP contribution in [-0.4, -0.2) is 49.0 Å². The largest absolute Gasteiger partial charge is 0.379 e. The molecular formula is C12H16N4O3S. The van der Waals surface area contributed by atoms with E-state index in [2.05, 4.69) is 14.7 Å². The molecule has 0 spiro atoms. The van der Waals surface area contributed by atoms with Gasteiger partial charge < -0.3 is 9.72 Å². The number of fused-ring (bicyclic) bond motifs is 1. The van der Waals surface area contributed by atoms with Crippen LogP contribution in [0.3, 0.4) is 0 Å². The lowest BCUT2D eigenvalue weighted by Crippen LogP contribution is -2.46. The normalized spacial score (nSPS) is 17.6. The summed E-state index contributed by atoms with van der Waals surface area (Å²) in [4.78, 5) is 7.43. The Morgan fingerprint density at radius 3 is 2.80 bits per heavy atom. The second kappa shape index (κ2) is 5.49. The van der Waals surface area contributed by atoms with Crippen molar-refractivity contribution >= 4 is 21.2 Å². The molecule has 108 valence electrons. The smallest absolute Gasteiger partial charge is 0.280 e.